The Kier molecular flexibility index (Phi) is 9.00. The largest absolute Gasteiger partial charge is 0.463 e. The number of anilines is 1. The summed E-state index contributed by atoms with van der Waals surface area (Å²) in [7, 11) is 0. The number of hydrogen-bond donors (Lipinski definition) is 2. The Bertz CT molecular complexity index is 887. The molecule has 0 amide bonds. The van der Waals surface area contributed by atoms with Crippen molar-refractivity contribution in [3.8, 4) is 5.75 Å². The fourth-order valence-electron chi connectivity index (χ4n) is 3.19. The van der Waals surface area contributed by atoms with E-state index < -0.39 is 54.6 Å². The summed E-state index contributed by atoms with van der Waals surface area (Å²) in [5.74, 6) is -2.81. The van der Waals surface area contributed by atoms with Gasteiger partial charge in [-0.25, -0.2) is 0 Å². The molecule has 1 fully saturated rings. The number of aliphatic hydroxyl groups excluding tert-OH is 1. The molecule has 12 heteroatoms. The molecule has 1 saturated heterocycles. The van der Waals surface area contributed by atoms with Gasteiger partial charge in [-0.3, -0.25) is 19.2 Å². The molecule has 33 heavy (non-hydrogen) atoms. The predicted molar refractivity (Wildman–Crippen MR) is 109 cm³/mol. The van der Waals surface area contributed by atoms with Gasteiger partial charge in [0.1, 0.15) is 18.5 Å². The maximum absolute atomic E-state index is 11.8. The van der Waals surface area contributed by atoms with Crippen LogP contribution in [-0.2, 0) is 49.5 Å². The number of hydrogen-bond acceptors (Lipinski definition) is 12. The second-order valence-electron chi connectivity index (χ2n) is 7.22. The van der Waals surface area contributed by atoms with Crippen molar-refractivity contribution < 1.29 is 52.7 Å². The zero-order valence-electron chi connectivity index (χ0n) is 18.6. The highest BCUT2D eigenvalue weighted by atomic mass is 16.7. The molecule has 2 rings (SSSR count). The molecule has 0 saturated carbocycles. The minimum atomic E-state index is -1.41. The lowest BCUT2D eigenvalue weighted by Gasteiger charge is -2.44. The number of nitrogen functional groups attached to an aromatic ring is 1. The van der Waals surface area contributed by atoms with Crippen molar-refractivity contribution in [2.24, 2.45) is 0 Å². The van der Waals surface area contributed by atoms with Crippen LogP contribution in [0, 0.1) is 0 Å². The molecule has 1 aromatic rings. The summed E-state index contributed by atoms with van der Waals surface area (Å²) in [4.78, 5) is 46.8. The Morgan fingerprint density at radius 1 is 0.909 bits per heavy atom. The second kappa shape index (κ2) is 11.5. The highest BCUT2D eigenvalue weighted by Crippen LogP contribution is 2.33. The fourth-order valence-corrected chi connectivity index (χ4v) is 3.19. The highest BCUT2D eigenvalue weighted by molar-refractivity contribution is 5.68. The van der Waals surface area contributed by atoms with E-state index in [1.165, 1.54) is 19.1 Å². The molecular formula is C21H27NO11. The first-order valence-corrected chi connectivity index (χ1v) is 9.98. The van der Waals surface area contributed by atoms with E-state index in [0.717, 1.165) is 20.8 Å². The van der Waals surface area contributed by atoms with E-state index in [0.29, 0.717) is 5.56 Å². The van der Waals surface area contributed by atoms with Crippen molar-refractivity contribution in [3.05, 3.63) is 23.8 Å². The molecule has 182 valence electrons. The third-order valence-corrected chi connectivity index (χ3v) is 4.45. The maximum Gasteiger partial charge on any atom is 0.303 e. The summed E-state index contributed by atoms with van der Waals surface area (Å²) in [6.07, 6.45) is -6.61. The van der Waals surface area contributed by atoms with Gasteiger partial charge in [-0.2, -0.15) is 0 Å². The van der Waals surface area contributed by atoms with Crippen LogP contribution < -0.4 is 10.5 Å². The van der Waals surface area contributed by atoms with Crippen LogP contribution in [0.15, 0.2) is 18.2 Å². The first-order valence-electron chi connectivity index (χ1n) is 9.98. The van der Waals surface area contributed by atoms with Crippen molar-refractivity contribution in [2.45, 2.75) is 65.0 Å². The molecule has 0 bridgehead atoms. The summed E-state index contributed by atoms with van der Waals surface area (Å²) in [5.41, 5.74) is 6.61. The molecule has 1 heterocycles. The van der Waals surface area contributed by atoms with E-state index in [4.69, 9.17) is 34.2 Å². The maximum atomic E-state index is 11.8. The summed E-state index contributed by atoms with van der Waals surface area (Å²) in [5, 5.41) is 9.40. The van der Waals surface area contributed by atoms with Crippen LogP contribution >= 0.6 is 0 Å². The Morgan fingerprint density at radius 2 is 1.48 bits per heavy atom. The van der Waals surface area contributed by atoms with Gasteiger partial charge in [0.25, 0.3) is 0 Å². The van der Waals surface area contributed by atoms with Crippen LogP contribution in [0.3, 0.4) is 0 Å². The molecule has 0 unspecified atom stereocenters. The van der Waals surface area contributed by atoms with E-state index >= 15 is 0 Å². The third kappa shape index (κ3) is 7.32. The van der Waals surface area contributed by atoms with Gasteiger partial charge in [0, 0.05) is 27.7 Å². The lowest BCUT2D eigenvalue weighted by Crippen LogP contribution is -2.63. The lowest BCUT2D eigenvalue weighted by molar-refractivity contribution is -0.288. The quantitative estimate of drug-likeness (QED) is 0.302. The molecule has 0 aromatic heterocycles. The summed E-state index contributed by atoms with van der Waals surface area (Å²) in [6, 6.07) is 4.52. The first kappa shape index (κ1) is 25.9. The zero-order valence-corrected chi connectivity index (χ0v) is 18.6. The number of benzene rings is 1. The molecule has 5 atom stereocenters. The van der Waals surface area contributed by atoms with Gasteiger partial charge in [0.05, 0.1) is 12.3 Å². The van der Waals surface area contributed by atoms with Crippen molar-refractivity contribution in [3.63, 3.8) is 0 Å². The molecule has 3 N–H and O–H groups in total. The number of carbonyl (C=O) groups excluding carboxylic acids is 4. The number of aliphatic hydroxyl groups is 1. The van der Waals surface area contributed by atoms with Gasteiger partial charge >= 0.3 is 23.9 Å². The summed E-state index contributed by atoms with van der Waals surface area (Å²) < 4.78 is 32.6. The monoisotopic (exact) mass is 469 g/mol. The fraction of sp³-hybridized carbons (Fsp3) is 0.524. The second-order valence-corrected chi connectivity index (χ2v) is 7.22. The molecule has 1 aromatic carbocycles. The Hall–Kier alpha value is -3.38. The molecule has 0 radical (unpaired) electrons. The summed E-state index contributed by atoms with van der Waals surface area (Å²) >= 11 is 0. The van der Waals surface area contributed by atoms with Crippen LogP contribution in [0.25, 0.3) is 0 Å². The normalized spacial score (nSPS) is 24.3. The molecule has 12 nitrogen and oxygen atoms in total. The topological polar surface area (TPSA) is 170 Å². The minimum absolute atomic E-state index is 0.0856. The number of rotatable bonds is 8. The van der Waals surface area contributed by atoms with Gasteiger partial charge in [-0.15, -0.1) is 0 Å². The van der Waals surface area contributed by atoms with Crippen molar-refractivity contribution in [2.75, 3.05) is 12.3 Å². The van der Waals surface area contributed by atoms with Gasteiger partial charge in [0.15, 0.2) is 12.2 Å². The smallest absolute Gasteiger partial charge is 0.303 e. The van der Waals surface area contributed by atoms with Crippen LogP contribution in [-0.4, -0.2) is 66.3 Å². The van der Waals surface area contributed by atoms with E-state index in [2.05, 4.69) is 0 Å². The van der Waals surface area contributed by atoms with Gasteiger partial charge < -0.3 is 39.3 Å². The molecule has 0 spiro atoms. The zero-order chi connectivity index (χ0) is 24.7. The lowest BCUT2D eigenvalue weighted by atomic mass is 9.98. The average Bonchev–Trinajstić information content (AvgIpc) is 2.71. The van der Waals surface area contributed by atoms with Crippen molar-refractivity contribution >= 4 is 29.6 Å². The van der Waals surface area contributed by atoms with E-state index in [-0.39, 0.29) is 24.7 Å². The highest BCUT2D eigenvalue weighted by Gasteiger charge is 2.53. The molecular weight excluding hydrogens is 442 g/mol. The van der Waals surface area contributed by atoms with E-state index in [1.54, 1.807) is 6.07 Å². The van der Waals surface area contributed by atoms with Gasteiger partial charge in [-0.1, -0.05) is 6.07 Å². The third-order valence-electron chi connectivity index (χ3n) is 4.45. The van der Waals surface area contributed by atoms with E-state index in [9.17, 15) is 24.3 Å². The Labute approximate surface area is 189 Å². The Morgan fingerprint density at radius 3 is 2.03 bits per heavy atom. The number of esters is 4. The number of nitrogens with two attached hydrogens (primary N) is 1. The predicted octanol–water partition coefficient (Wildman–Crippen LogP) is 0.223. The van der Waals surface area contributed by atoms with E-state index in [1.807, 2.05) is 0 Å². The summed E-state index contributed by atoms with van der Waals surface area (Å²) in [6.45, 7) is 3.85. The van der Waals surface area contributed by atoms with Gasteiger partial charge in [-0.05, 0) is 17.7 Å². The van der Waals surface area contributed by atoms with Crippen LogP contribution in [0.1, 0.15) is 33.3 Å². The van der Waals surface area contributed by atoms with Crippen molar-refractivity contribution in [1.29, 1.82) is 0 Å². The molecule has 1 aliphatic rings. The average molecular weight is 469 g/mol. The minimum Gasteiger partial charge on any atom is -0.463 e. The van der Waals surface area contributed by atoms with Crippen LogP contribution in [0.2, 0.25) is 0 Å². The molecule has 0 aliphatic carbocycles. The Balaban J connectivity index is 2.50. The van der Waals surface area contributed by atoms with Crippen molar-refractivity contribution in [1.82, 2.24) is 0 Å². The first-order chi connectivity index (χ1) is 15.5. The van der Waals surface area contributed by atoms with Crippen LogP contribution in [0.5, 0.6) is 5.75 Å². The standard InChI is InChI=1S/C21H27NO11/c1-10(24)28-9-17-18(29-11(2)25)19(30-12(3)26)20(31-13(4)27)21(33-17)32-16-7-14(8-23)5-6-15(16)22/h5-7,17-21,23H,8-9,22H2,1-4H3/t17-,18-,19+,20-,21-/m1/s1. The molecule has 1 aliphatic heterocycles. The van der Waals surface area contributed by atoms with Crippen LogP contribution in [0.4, 0.5) is 5.69 Å². The number of carbonyl (C=O) groups is 4. The van der Waals surface area contributed by atoms with Gasteiger partial charge in [0.2, 0.25) is 12.4 Å². The SMILES string of the molecule is CC(=O)OC[C@H]1O[C@@H](Oc2cc(CO)ccc2N)[C@H](OC(C)=O)[C@@H](OC(C)=O)[C@@H]1OC(C)=O. The number of ether oxygens (including phenoxy) is 6.